The van der Waals surface area contributed by atoms with Gasteiger partial charge in [0.15, 0.2) is 12.5 Å². The van der Waals surface area contributed by atoms with E-state index in [0.717, 1.165) is 0 Å². The van der Waals surface area contributed by atoms with Gasteiger partial charge in [0.05, 0.1) is 0 Å². The second kappa shape index (κ2) is 3.81. The molecule has 1 unspecified atom stereocenters. The van der Waals surface area contributed by atoms with E-state index in [1.54, 1.807) is 5.32 Å². The standard InChI is InChI=1S/C3H7N3O3/c4-6-2(1-7)5-3(8)9/h1-2,5-6H,4H2,(H,8,9). The van der Waals surface area contributed by atoms with Crippen LogP contribution in [0, 0.1) is 0 Å². The van der Waals surface area contributed by atoms with Gasteiger partial charge < -0.3 is 5.11 Å². The molecule has 5 N–H and O–H groups in total. The quantitative estimate of drug-likeness (QED) is 0.158. The average molecular weight is 133 g/mol. The summed E-state index contributed by atoms with van der Waals surface area (Å²) in [5, 5.41) is 9.77. The van der Waals surface area contributed by atoms with Crippen LogP contribution >= 0.6 is 0 Å². The van der Waals surface area contributed by atoms with Gasteiger partial charge in [-0.05, 0) is 0 Å². The van der Waals surface area contributed by atoms with Gasteiger partial charge in [-0.25, -0.2) is 10.2 Å². The largest absolute Gasteiger partial charge is 0.465 e. The number of hydrogen-bond acceptors (Lipinski definition) is 4. The molecule has 0 aromatic rings. The fraction of sp³-hybridized carbons (Fsp3) is 0.333. The van der Waals surface area contributed by atoms with E-state index in [2.05, 4.69) is 0 Å². The predicted molar refractivity (Wildman–Crippen MR) is 28.3 cm³/mol. The molecular formula is C3H7N3O3. The van der Waals surface area contributed by atoms with Gasteiger partial charge in [-0.3, -0.25) is 16.0 Å². The van der Waals surface area contributed by atoms with Crippen LogP contribution in [0.1, 0.15) is 0 Å². The van der Waals surface area contributed by atoms with Crippen molar-refractivity contribution >= 4 is 12.4 Å². The summed E-state index contributed by atoms with van der Waals surface area (Å²) in [5.41, 5.74) is 1.92. The van der Waals surface area contributed by atoms with Crippen LogP contribution in [-0.2, 0) is 4.79 Å². The first-order chi connectivity index (χ1) is 4.20. The number of aldehydes is 1. The Kier molecular flexibility index (Phi) is 3.33. The molecule has 6 heteroatoms. The molecule has 0 aliphatic heterocycles. The van der Waals surface area contributed by atoms with E-state index < -0.39 is 12.3 Å². The highest BCUT2D eigenvalue weighted by Gasteiger charge is 2.04. The molecule has 6 nitrogen and oxygen atoms in total. The molecule has 0 aliphatic rings. The number of amides is 1. The van der Waals surface area contributed by atoms with Crippen molar-refractivity contribution in [2.24, 2.45) is 5.84 Å². The van der Waals surface area contributed by atoms with Crippen molar-refractivity contribution in [2.45, 2.75) is 6.17 Å². The number of nitrogens with one attached hydrogen (secondary N) is 2. The minimum Gasteiger partial charge on any atom is -0.465 e. The van der Waals surface area contributed by atoms with E-state index in [1.807, 2.05) is 5.43 Å². The zero-order valence-corrected chi connectivity index (χ0v) is 4.50. The highest BCUT2D eigenvalue weighted by atomic mass is 16.4. The smallest absolute Gasteiger partial charge is 0.406 e. The van der Waals surface area contributed by atoms with Gasteiger partial charge in [0.25, 0.3) is 0 Å². The molecule has 0 spiro atoms. The molecule has 52 valence electrons. The third kappa shape index (κ3) is 3.44. The Hall–Kier alpha value is -1.14. The summed E-state index contributed by atoms with van der Waals surface area (Å²) >= 11 is 0. The molecule has 0 aliphatic carbocycles. The monoisotopic (exact) mass is 133 g/mol. The van der Waals surface area contributed by atoms with E-state index >= 15 is 0 Å². The second-order valence-corrected chi connectivity index (χ2v) is 1.23. The Morgan fingerprint density at radius 1 is 1.78 bits per heavy atom. The topological polar surface area (TPSA) is 104 Å². The first-order valence-corrected chi connectivity index (χ1v) is 2.11. The summed E-state index contributed by atoms with van der Waals surface area (Å²) in [7, 11) is 0. The number of nitrogens with two attached hydrogens (primary N) is 1. The molecule has 0 fully saturated rings. The second-order valence-electron chi connectivity index (χ2n) is 1.23. The van der Waals surface area contributed by atoms with Crippen LogP contribution in [0.5, 0.6) is 0 Å². The van der Waals surface area contributed by atoms with Gasteiger partial charge in [0, 0.05) is 0 Å². The normalized spacial score (nSPS) is 12.1. The molecule has 0 saturated carbocycles. The van der Waals surface area contributed by atoms with E-state index in [-0.39, 0.29) is 0 Å². The molecule has 1 amide bonds. The number of carbonyl (C=O) groups is 2. The lowest BCUT2D eigenvalue weighted by Gasteiger charge is -2.05. The molecule has 9 heavy (non-hydrogen) atoms. The van der Waals surface area contributed by atoms with Crippen LogP contribution in [0.4, 0.5) is 4.79 Å². The highest BCUT2D eigenvalue weighted by molar-refractivity contribution is 5.70. The fourth-order valence-corrected chi connectivity index (χ4v) is 0.248. The Labute approximate surface area is 51.0 Å². The van der Waals surface area contributed by atoms with Gasteiger partial charge in [-0.15, -0.1) is 0 Å². The van der Waals surface area contributed by atoms with Crippen LogP contribution < -0.4 is 16.6 Å². The average Bonchev–Trinajstić information content (AvgIpc) is 1.82. The first kappa shape index (κ1) is 7.86. The van der Waals surface area contributed by atoms with E-state index in [4.69, 9.17) is 10.9 Å². The van der Waals surface area contributed by atoms with Crippen molar-refractivity contribution in [3.63, 3.8) is 0 Å². The molecule has 0 rings (SSSR count). The van der Waals surface area contributed by atoms with Crippen molar-refractivity contribution in [2.75, 3.05) is 0 Å². The Balaban J connectivity index is 3.55. The lowest BCUT2D eigenvalue weighted by Crippen LogP contribution is -2.49. The van der Waals surface area contributed by atoms with Crippen molar-refractivity contribution in [1.82, 2.24) is 10.7 Å². The molecule has 0 aromatic heterocycles. The summed E-state index contributed by atoms with van der Waals surface area (Å²) in [4.78, 5) is 19.6. The van der Waals surface area contributed by atoms with Crippen molar-refractivity contribution in [3.8, 4) is 0 Å². The predicted octanol–water partition coefficient (Wildman–Crippen LogP) is -1.76. The Morgan fingerprint density at radius 2 is 2.33 bits per heavy atom. The van der Waals surface area contributed by atoms with Crippen LogP contribution in [0.2, 0.25) is 0 Å². The SMILES string of the molecule is NNC(C=O)NC(=O)O. The molecule has 0 radical (unpaired) electrons. The van der Waals surface area contributed by atoms with Gasteiger partial charge in [-0.2, -0.15) is 0 Å². The number of carbonyl (C=O) groups excluding carboxylic acids is 1. The van der Waals surface area contributed by atoms with Crippen molar-refractivity contribution < 1.29 is 14.7 Å². The maximum atomic E-state index is 9.80. The Morgan fingerprint density at radius 3 is 2.44 bits per heavy atom. The molecule has 0 aromatic carbocycles. The third-order valence-electron chi connectivity index (χ3n) is 0.595. The summed E-state index contributed by atoms with van der Waals surface area (Å²) < 4.78 is 0. The summed E-state index contributed by atoms with van der Waals surface area (Å²) in [6.45, 7) is 0. The number of rotatable bonds is 3. The number of hydrogen-bond donors (Lipinski definition) is 4. The van der Waals surface area contributed by atoms with Gasteiger partial charge in [-0.1, -0.05) is 0 Å². The highest BCUT2D eigenvalue weighted by Crippen LogP contribution is 1.65. The first-order valence-electron chi connectivity index (χ1n) is 2.11. The van der Waals surface area contributed by atoms with Crippen LogP contribution in [-0.4, -0.2) is 23.7 Å². The minimum atomic E-state index is -1.30. The van der Waals surface area contributed by atoms with Crippen molar-refractivity contribution in [3.05, 3.63) is 0 Å². The molecule has 0 heterocycles. The van der Waals surface area contributed by atoms with Crippen LogP contribution in [0.25, 0.3) is 0 Å². The number of hydrazine groups is 1. The fourth-order valence-electron chi connectivity index (χ4n) is 0.248. The summed E-state index contributed by atoms with van der Waals surface area (Å²) in [6, 6.07) is 0. The van der Waals surface area contributed by atoms with Gasteiger partial charge in [0.1, 0.15) is 0 Å². The third-order valence-corrected chi connectivity index (χ3v) is 0.595. The van der Waals surface area contributed by atoms with Gasteiger partial charge in [0.2, 0.25) is 0 Å². The zero-order chi connectivity index (χ0) is 7.28. The molecule has 0 bridgehead atoms. The van der Waals surface area contributed by atoms with Crippen molar-refractivity contribution in [1.29, 1.82) is 0 Å². The molecule has 1 atom stereocenters. The van der Waals surface area contributed by atoms with Crippen LogP contribution in [0.3, 0.4) is 0 Å². The number of carboxylic acid groups (broad SMARTS) is 1. The lowest BCUT2D eigenvalue weighted by molar-refractivity contribution is -0.110. The summed E-state index contributed by atoms with van der Waals surface area (Å²) in [6.07, 6.45) is -1.98. The maximum absolute atomic E-state index is 9.80. The van der Waals surface area contributed by atoms with E-state index in [0.29, 0.717) is 6.29 Å². The zero-order valence-electron chi connectivity index (χ0n) is 4.50. The molecular weight excluding hydrogens is 126 g/mol. The van der Waals surface area contributed by atoms with Gasteiger partial charge >= 0.3 is 6.09 Å². The van der Waals surface area contributed by atoms with E-state index in [1.165, 1.54) is 0 Å². The summed E-state index contributed by atoms with van der Waals surface area (Å²) in [5.74, 6) is 4.72. The minimum absolute atomic E-state index is 0.341. The lowest BCUT2D eigenvalue weighted by atomic mass is 10.6. The van der Waals surface area contributed by atoms with E-state index in [9.17, 15) is 9.59 Å². The maximum Gasteiger partial charge on any atom is 0.406 e. The Bertz CT molecular complexity index is 115. The van der Waals surface area contributed by atoms with Crippen LogP contribution in [0.15, 0.2) is 0 Å². The molecule has 0 saturated heterocycles.